The van der Waals surface area contributed by atoms with Crippen molar-refractivity contribution in [3.63, 3.8) is 0 Å². The van der Waals surface area contributed by atoms with Gasteiger partial charge in [-0.3, -0.25) is 9.69 Å². The molecule has 32 heavy (non-hydrogen) atoms. The summed E-state index contributed by atoms with van der Waals surface area (Å²) in [5, 5.41) is 9.28. The van der Waals surface area contributed by atoms with Gasteiger partial charge in [-0.05, 0) is 46.4 Å². The molecule has 0 atom stereocenters. The van der Waals surface area contributed by atoms with Gasteiger partial charge in [0.15, 0.2) is 0 Å². The molecule has 0 fully saturated rings. The molecule has 6 heteroatoms. The molecule has 0 heterocycles. The molecule has 4 rings (SSSR count). The van der Waals surface area contributed by atoms with E-state index < -0.39 is 18.6 Å². The molecule has 164 valence electrons. The second kappa shape index (κ2) is 9.56. The molecule has 0 saturated carbocycles. The Labute approximate surface area is 187 Å². The zero-order valence-corrected chi connectivity index (χ0v) is 17.9. The molecule has 3 aromatic rings. The number of fused-ring (bicyclic) bond motifs is 3. The van der Waals surface area contributed by atoms with Gasteiger partial charge in [0.1, 0.15) is 18.9 Å². The standard InChI is InChI=1S/C26H25NO5/c1-31-19-8-6-7-18(15-19)13-14-27(16-25(28)29)26(30)32-17-24-22-11-4-2-9-20(22)21-10-3-5-12-23(21)24/h2-12,15,24H,13-14,16-17H2,1H3,(H,28,29). The minimum Gasteiger partial charge on any atom is -0.497 e. The average molecular weight is 431 g/mol. The predicted octanol–water partition coefficient (Wildman–Crippen LogP) is 4.57. The number of carbonyl (C=O) groups is 2. The summed E-state index contributed by atoms with van der Waals surface area (Å²) in [6, 6.07) is 23.7. The van der Waals surface area contributed by atoms with Gasteiger partial charge in [0, 0.05) is 12.5 Å². The maximum Gasteiger partial charge on any atom is 0.410 e. The van der Waals surface area contributed by atoms with Crippen molar-refractivity contribution in [2.45, 2.75) is 12.3 Å². The van der Waals surface area contributed by atoms with Crippen LogP contribution < -0.4 is 4.74 Å². The molecule has 6 nitrogen and oxygen atoms in total. The number of hydrogen-bond donors (Lipinski definition) is 1. The number of ether oxygens (including phenoxy) is 2. The molecule has 1 aliphatic carbocycles. The molecule has 0 radical (unpaired) electrons. The van der Waals surface area contributed by atoms with Crippen LogP contribution >= 0.6 is 0 Å². The Balaban J connectivity index is 1.45. The smallest absolute Gasteiger partial charge is 0.410 e. The lowest BCUT2D eigenvalue weighted by atomic mass is 9.98. The number of rotatable bonds is 8. The second-order valence-electron chi connectivity index (χ2n) is 7.72. The van der Waals surface area contributed by atoms with Crippen molar-refractivity contribution in [1.82, 2.24) is 4.90 Å². The van der Waals surface area contributed by atoms with Crippen LogP contribution in [0, 0.1) is 0 Å². The third-order valence-electron chi connectivity index (χ3n) is 5.72. The zero-order valence-electron chi connectivity index (χ0n) is 17.9. The number of nitrogens with zero attached hydrogens (tertiary/aromatic N) is 1. The highest BCUT2D eigenvalue weighted by molar-refractivity contribution is 5.79. The van der Waals surface area contributed by atoms with Gasteiger partial charge >= 0.3 is 12.1 Å². The Morgan fingerprint density at radius 1 is 0.938 bits per heavy atom. The Morgan fingerprint density at radius 3 is 2.22 bits per heavy atom. The zero-order chi connectivity index (χ0) is 22.5. The highest BCUT2D eigenvalue weighted by Gasteiger charge is 2.30. The number of aliphatic carboxylic acids is 1. The van der Waals surface area contributed by atoms with E-state index >= 15 is 0 Å². The van der Waals surface area contributed by atoms with E-state index in [4.69, 9.17) is 9.47 Å². The van der Waals surface area contributed by atoms with Crippen LogP contribution in [0.25, 0.3) is 11.1 Å². The summed E-state index contributed by atoms with van der Waals surface area (Å²) >= 11 is 0. The monoisotopic (exact) mass is 431 g/mol. The van der Waals surface area contributed by atoms with Gasteiger partial charge in [0.2, 0.25) is 0 Å². The van der Waals surface area contributed by atoms with E-state index in [1.54, 1.807) is 7.11 Å². The van der Waals surface area contributed by atoms with Crippen LogP contribution in [0.2, 0.25) is 0 Å². The van der Waals surface area contributed by atoms with Crippen LogP contribution in [-0.4, -0.2) is 48.9 Å². The number of amides is 1. The van der Waals surface area contributed by atoms with Crippen LogP contribution in [0.15, 0.2) is 72.8 Å². The third kappa shape index (κ3) is 4.59. The van der Waals surface area contributed by atoms with Gasteiger partial charge in [-0.15, -0.1) is 0 Å². The summed E-state index contributed by atoms with van der Waals surface area (Å²) in [5.74, 6) is -0.436. The SMILES string of the molecule is COc1cccc(CCN(CC(=O)O)C(=O)OCC2c3ccccc3-c3ccccc32)c1. The first kappa shape index (κ1) is 21.4. The van der Waals surface area contributed by atoms with E-state index in [2.05, 4.69) is 12.1 Å². The van der Waals surface area contributed by atoms with E-state index in [0.29, 0.717) is 12.2 Å². The summed E-state index contributed by atoms with van der Waals surface area (Å²) in [6.45, 7) is -0.0288. The second-order valence-corrected chi connectivity index (χ2v) is 7.72. The van der Waals surface area contributed by atoms with Crippen LogP contribution in [-0.2, 0) is 16.0 Å². The summed E-state index contributed by atoms with van der Waals surface area (Å²) in [4.78, 5) is 25.4. The maximum absolute atomic E-state index is 12.8. The van der Waals surface area contributed by atoms with Crippen molar-refractivity contribution >= 4 is 12.1 Å². The van der Waals surface area contributed by atoms with Crippen molar-refractivity contribution in [2.75, 3.05) is 26.8 Å². The number of carboxylic acids is 1. The first-order valence-corrected chi connectivity index (χ1v) is 10.5. The minimum absolute atomic E-state index is 0.0728. The van der Waals surface area contributed by atoms with Crippen LogP contribution in [0.3, 0.4) is 0 Å². The van der Waals surface area contributed by atoms with Crippen LogP contribution in [0.5, 0.6) is 5.75 Å². The topological polar surface area (TPSA) is 76.1 Å². The van der Waals surface area contributed by atoms with Gasteiger partial charge in [-0.1, -0.05) is 60.7 Å². The first-order valence-electron chi connectivity index (χ1n) is 10.5. The first-order chi connectivity index (χ1) is 15.6. The number of hydrogen-bond acceptors (Lipinski definition) is 4. The van der Waals surface area contributed by atoms with E-state index in [1.807, 2.05) is 60.7 Å². The highest BCUT2D eigenvalue weighted by atomic mass is 16.6. The molecule has 0 saturated heterocycles. The molecule has 1 amide bonds. The van der Waals surface area contributed by atoms with Crippen molar-refractivity contribution < 1.29 is 24.2 Å². The molecule has 1 N–H and O–H groups in total. The molecule has 0 unspecified atom stereocenters. The van der Waals surface area contributed by atoms with Crippen LogP contribution in [0.4, 0.5) is 4.79 Å². The van der Waals surface area contributed by atoms with E-state index in [0.717, 1.165) is 27.8 Å². The Morgan fingerprint density at radius 2 is 1.59 bits per heavy atom. The predicted molar refractivity (Wildman–Crippen MR) is 121 cm³/mol. The van der Waals surface area contributed by atoms with Gasteiger partial charge in [-0.25, -0.2) is 4.79 Å². The average Bonchev–Trinajstić information content (AvgIpc) is 3.14. The summed E-state index contributed by atoms with van der Waals surface area (Å²) < 4.78 is 10.9. The van der Waals surface area contributed by atoms with Gasteiger partial charge in [0.05, 0.1) is 7.11 Å². The highest BCUT2D eigenvalue weighted by Crippen LogP contribution is 2.44. The quantitative estimate of drug-likeness (QED) is 0.565. The third-order valence-corrected chi connectivity index (χ3v) is 5.72. The van der Waals surface area contributed by atoms with E-state index in [1.165, 1.54) is 4.90 Å². The lowest BCUT2D eigenvalue weighted by Gasteiger charge is -2.22. The number of carboxylic acid groups (broad SMARTS) is 1. The Kier molecular flexibility index (Phi) is 6.40. The van der Waals surface area contributed by atoms with Crippen LogP contribution in [0.1, 0.15) is 22.6 Å². The summed E-state index contributed by atoms with van der Waals surface area (Å²) in [6.07, 6.45) is -0.133. The fourth-order valence-electron chi connectivity index (χ4n) is 4.18. The largest absolute Gasteiger partial charge is 0.497 e. The summed E-state index contributed by atoms with van der Waals surface area (Å²) in [7, 11) is 1.59. The molecular weight excluding hydrogens is 406 g/mol. The minimum atomic E-state index is -1.08. The number of methoxy groups -OCH3 is 1. The normalized spacial score (nSPS) is 12.0. The lowest BCUT2D eigenvalue weighted by Crippen LogP contribution is -2.38. The lowest BCUT2D eigenvalue weighted by molar-refractivity contribution is -0.138. The maximum atomic E-state index is 12.8. The molecular formula is C26H25NO5. The van der Waals surface area contributed by atoms with Gasteiger partial charge in [-0.2, -0.15) is 0 Å². The molecule has 0 aliphatic heterocycles. The van der Waals surface area contributed by atoms with E-state index in [-0.39, 0.29) is 19.1 Å². The Hall–Kier alpha value is -3.80. The van der Waals surface area contributed by atoms with Gasteiger partial charge < -0.3 is 14.6 Å². The Bertz CT molecular complexity index is 1080. The molecule has 1 aliphatic rings. The van der Waals surface area contributed by atoms with Crippen molar-refractivity contribution in [3.8, 4) is 16.9 Å². The number of carbonyl (C=O) groups excluding carboxylic acids is 1. The fraction of sp³-hybridized carbons (Fsp3) is 0.231. The van der Waals surface area contributed by atoms with Gasteiger partial charge in [0.25, 0.3) is 0 Å². The molecule has 0 bridgehead atoms. The number of benzene rings is 3. The molecule has 0 spiro atoms. The fourth-order valence-corrected chi connectivity index (χ4v) is 4.18. The van der Waals surface area contributed by atoms with Crippen molar-refractivity contribution in [1.29, 1.82) is 0 Å². The molecule has 0 aromatic heterocycles. The van der Waals surface area contributed by atoms with E-state index in [9.17, 15) is 14.7 Å². The van der Waals surface area contributed by atoms with Crippen molar-refractivity contribution in [2.24, 2.45) is 0 Å². The summed E-state index contributed by atoms with van der Waals surface area (Å²) in [5.41, 5.74) is 5.46. The molecule has 3 aromatic carbocycles. The van der Waals surface area contributed by atoms with Crippen molar-refractivity contribution in [3.05, 3.63) is 89.5 Å².